The van der Waals surface area contributed by atoms with Crippen LogP contribution in [-0.2, 0) is 4.79 Å². The van der Waals surface area contributed by atoms with Gasteiger partial charge in [0.25, 0.3) is 0 Å². The highest BCUT2D eigenvalue weighted by atomic mass is 16.1. The fraction of sp³-hybridized carbons (Fsp3) is 0.571. The van der Waals surface area contributed by atoms with Crippen LogP contribution in [-0.4, -0.2) is 52.9 Å². The molecule has 102 valence electrons. The van der Waals surface area contributed by atoms with Gasteiger partial charge in [0.2, 0.25) is 5.91 Å². The molecule has 2 saturated heterocycles. The van der Waals surface area contributed by atoms with Crippen molar-refractivity contribution in [2.75, 3.05) is 26.2 Å². The van der Waals surface area contributed by atoms with E-state index in [1.54, 1.807) is 12.4 Å². The second-order valence-electron chi connectivity index (χ2n) is 5.42. The third-order valence-corrected chi connectivity index (χ3v) is 4.25. The zero-order valence-corrected chi connectivity index (χ0v) is 11.0. The Kier molecular flexibility index (Phi) is 3.48. The largest absolute Gasteiger partial charge is 0.368 e. The van der Waals surface area contributed by atoms with E-state index in [1.807, 2.05) is 12.1 Å². The second kappa shape index (κ2) is 5.27. The van der Waals surface area contributed by atoms with Crippen molar-refractivity contribution in [3.05, 3.63) is 30.1 Å². The lowest BCUT2D eigenvalue weighted by Gasteiger charge is -2.40. The summed E-state index contributed by atoms with van der Waals surface area (Å²) in [5.74, 6) is -0.278. The summed E-state index contributed by atoms with van der Waals surface area (Å²) in [6.45, 7) is 4.07. The Balaban J connectivity index is 1.79. The monoisotopic (exact) mass is 260 g/mol. The normalized spacial score (nSPS) is 26.0. The number of nitrogens with zero attached hydrogens (tertiary/aromatic N) is 3. The van der Waals surface area contributed by atoms with Gasteiger partial charge in [0, 0.05) is 38.1 Å². The van der Waals surface area contributed by atoms with Crippen LogP contribution in [0.15, 0.2) is 24.5 Å². The standard InChI is InChI=1S/C14H20N4O/c15-14(19)13(11-3-1-5-16-9-11)18-8-7-17-6-2-4-12(17)10-18/h1,3,5,9,12-13H,2,4,6-8,10H2,(H2,15,19)/t12-,13?/m1/s1. The van der Waals surface area contributed by atoms with Gasteiger partial charge >= 0.3 is 0 Å². The van der Waals surface area contributed by atoms with Crippen LogP contribution >= 0.6 is 0 Å². The number of fused-ring (bicyclic) bond motifs is 1. The molecule has 1 amide bonds. The van der Waals surface area contributed by atoms with E-state index < -0.39 is 0 Å². The molecule has 1 aromatic heterocycles. The van der Waals surface area contributed by atoms with E-state index in [0.717, 1.165) is 25.2 Å². The number of aromatic nitrogens is 1. The van der Waals surface area contributed by atoms with Crippen molar-refractivity contribution in [2.24, 2.45) is 5.73 Å². The average Bonchev–Trinajstić information content (AvgIpc) is 2.87. The highest BCUT2D eigenvalue weighted by molar-refractivity contribution is 5.81. The number of rotatable bonds is 3. The molecule has 0 saturated carbocycles. The number of hydrogen-bond donors (Lipinski definition) is 1. The maximum absolute atomic E-state index is 11.8. The van der Waals surface area contributed by atoms with Crippen molar-refractivity contribution < 1.29 is 4.79 Å². The molecule has 19 heavy (non-hydrogen) atoms. The van der Waals surface area contributed by atoms with Crippen molar-refractivity contribution in [3.63, 3.8) is 0 Å². The van der Waals surface area contributed by atoms with Crippen molar-refractivity contribution in [1.29, 1.82) is 0 Å². The van der Waals surface area contributed by atoms with Gasteiger partial charge in [-0.05, 0) is 31.0 Å². The summed E-state index contributed by atoms with van der Waals surface area (Å²) in [5, 5.41) is 0. The van der Waals surface area contributed by atoms with Gasteiger partial charge < -0.3 is 5.73 Å². The molecule has 0 bridgehead atoms. The molecule has 0 aromatic carbocycles. The predicted molar refractivity (Wildman–Crippen MR) is 72.3 cm³/mol. The van der Waals surface area contributed by atoms with Crippen LogP contribution in [0, 0.1) is 0 Å². The predicted octanol–water partition coefficient (Wildman–Crippen LogP) is 0.388. The highest BCUT2D eigenvalue weighted by Crippen LogP contribution is 2.27. The summed E-state index contributed by atoms with van der Waals surface area (Å²) >= 11 is 0. The smallest absolute Gasteiger partial charge is 0.239 e. The topological polar surface area (TPSA) is 62.5 Å². The Hall–Kier alpha value is -1.46. The van der Waals surface area contributed by atoms with Crippen LogP contribution in [0.2, 0.25) is 0 Å². The lowest BCUT2D eigenvalue weighted by molar-refractivity contribution is -0.124. The first kappa shape index (κ1) is 12.6. The van der Waals surface area contributed by atoms with Crippen LogP contribution in [0.25, 0.3) is 0 Å². The first-order valence-corrected chi connectivity index (χ1v) is 6.93. The number of carbonyl (C=O) groups is 1. The van der Waals surface area contributed by atoms with Crippen LogP contribution < -0.4 is 5.73 Å². The molecule has 0 aliphatic carbocycles. The number of carbonyl (C=O) groups excluding carboxylic acids is 1. The van der Waals surface area contributed by atoms with Gasteiger partial charge in [-0.2, -0.15) is 0 Å². The molecule has 2 aliphatic rings. The zero-order valence-electron chi connectivity index (χ0n) is 11.0. The van der Waals surface area contributed by atoms with Crippen molar-refractivity contribution >= 4 is 5.91 Å². The fourth-order valence-electron chi connectivity index (χ4n) is 3.34. The molecule has 2 fully saturated rings. The van der Waals surface area contributed by atoms with Gasteiger partial charge in [-0.15, -0.1) is 0 Å². The molecular formula is C14H20N4O. The molecule has 2 aliphatic heterocycles. The average molecular weight is 260 g/mol. The van der Waals surface area contributed by atoms with E-state index in [-0.39, 0.29) is 11.9 Å². The molecule has 0 spiro atoms. The molecule has 3 rings (SSSR count). The van der Waals surface area contributed by atoms with E-state index >= 15 is 0 Å². The number of piperazine rings is 1. The molecule has 1 unspecified atom stereocenters. The van der Waals surface area contributed by atoms with E-state index in [2.05, 4.69) is 14.8 Å². The SMILES string of the molecule is NC(=O)C(c1cccnc1)N1CCN2CCC[C@@H]2C1. The Morgan fingerprint density at radius 1 is 1.42 bits per heavy atom. The highest BCUT2D eigenvalue weighted by Gasteiger charge is 2.35. The fourth-order valence-corrected chi connectivity index (χ4v) is 3.34. The minimum atomic E-state index is -0.337. The Bertz CT molecular complexity index is 450. The Labute approximate surface area is 113 Å². The number of hydrogen-bond acceptors (Lipinski definition) is 4. The number of primary amides is 1. The van der Waals surface area contributed by atoms with Gasteiger partial charge in [0.05, 0.1) is 0 Å². The molecule has 3 heterocycles. The molecule has 1 aromatic rings. The molecule has 2 N–H and O–H groups in total. The minimum Gasteiger partial charge on any atom is -0.368 e. The molecule has 5 heteroatoms. The van der Waals surface area contributed by atoms with Crippen molar-refractivity contribution in [1.82, 2.24) is 14.8 Å². The Morgan fingerprint density at radius 2 is 2.32 bits per heavy atom. The van der Waals surface area contributed by atoms with Gasteiger partial charge in [-0.1, -0.05) is 6.07 Å². The van der Waals surface area contributed by atoms with Crippen molar-refractivity contribution in [3.8, 4) is 0 Å². The summed E-state index contributed by atoms with van der Waals surface area (Å²) in [6, 6.07) is 4.05. The van der Waals surface area contributed by atoms with Crippen LogP contribution in [0.3, 0.4) is 0 Å². The maximum Gasteiger partial charge on any atom is 0.239 e. The van der Waals surface area contributed by atoms with Gasteiger partial charge in [0.1, 0.15) is 6.04 Å². The van der Waals surface area contributed by atoms with Gasteiger partial charge in [-0.25, -0.2) is 0 Å². The number of pyridine rings is 1. The second-order valence-corrected chi connectivity index (χ2v) is 5.42. The summed E-state index contributed by atoms with van der Waals surface area (Å²) in [4.78, 5) is 20.7. The molecule has 5 nitrogen and oxygen atoms in total. The Morgan fingerprint density at radius 3 is 3.05 bits per heavy atom. The van der Waals surface area contributed by atoms with Gasteiger partial charge in [-0.3, -0.25) is 19.6 Å². The van der Waals surface area contributed by atoms with Crippen LogP contribution in [0.1, 0.15) is 24.4 Å². The molecule has 0 radical (unpaired) electrons. The summed E-state index contributed by atoms with van der Waals surface area (Å²) in [7, 11) is 0. The maximum atomic E-state index is 11.8. The minimum absolute atomic E-state index is 0.278. The first-order valence-electron chi connectivity index (χ1n) is 6.93. The quantitative estimate of drug-likeness (QED) is 0.854. The molecule has 2 atom stereocenters. The molecular weight excluding hydrogens is 240 g/mol. The summed E-state index contributed by atoms with van der Waals surface area (Å²) in [5.41, 5.74) is 6.52. The summed E-state index contributed by atoms with van der Waals surface area (Å²) < 4.78 is 0. The lowest BCUT2D eigenvalue weighted by Crippen LogP contribution is -2.53. The lowest BCUT2D eigenvalue weighted by atomic mass is 10.0. The third-order valence-electron chi connectivity index (χ3n) is 4.25. The van der Waals surface area contributed by atoms with Crippen LogP contribution in [0.4, 0.5) is 0 Å². The third kappa shape index (κ3) is 2.48. The summed E-state index contributed by atoms with van der Waals surface area (Å²) in [6.07, 6.45) is 5.97. The van der Waals surface area contributed by atoms with Crippen molar-refractivity contribution in [2.45, 2.75) is 24.9 Å². The van der Waals surface area contributed by atoms with Crippen LogP contribution in [0.5, 0.6) is 0 Å². The van der Waals surface area contributed by atoms with E-state index in [0.29, 0.717) is 6.04 Å². The van der Waals surface area contributed by atoms with E-state index in [4.69, 9.17) is 5.73 Å². The van der Waals surface area contributed by atoms with E-state index in [1.165, 1.54) is 19.4 Å². The zero-order chi connectivity index (χ0) is 13.2. The number of amides is 1. The van der Waals surface area contributed by atoms with Gasteiger partial charge in [0.15, 0.2) is 0 Å². The van der Waals surface area contributed by atoms with E-state index in [9.17, 15) is 4.79 Å². The number of nitrogens with two attached hydrogens (primary N) is 1. The first-order chi connectivity index (χ1) is 9.25.